The maximum atomic E-state index is 11.7. The summed E-state index contributed by atoms with van der Waals surface area (Å²) in [7, 11) is -1.20. The molecule has 1 fully saturated rings. The molecule has 1 aromatic rings. The van der Waals surface area contributed by atoms with Gasteiger partial charge in [-0.25, -0.2) is 8.42 Å². The molecule has 0 radical (unpaired) electrons. The van der Waals surface area contributed by atoms with E-state index < -0.39 is 9.84 Å². The van der Waals surface area contributed by atoms with Crippen molar-refractivity contribution in [3.8, 4) is 0 Å². The number of ether oxygens (including phenoxy) is 1. The van der Waals surface area contributed by atoms with Crippen molar-refractivity contribution in [2.24, 2.45) is 0 Å². The molecule has 2 rings (SSSR count). The number of nitrogens with one attached hydrogen (secondary N) is 1. The number of hydrogen-bond donors (Lipinski definition) is 1. The van der Waals surface area contributed by atoms with Gasteiger partial charge in [0.2, 0.25) is 0 Å². The minimum atomic E-state index is -2.88. The number of methoxy groups -OCH3 is 1. The van der Waals surface area contributed by atoms with E-state index in [-0.39, 0.29) is 17.5 Å². The van der Waals surface area contributed by atoms with Crippen LogP contribution < -0.4 is 10.2 Å². The van der Waals surface area contributed by atoms with Gasteiger partial charge in [-0.05, 0) is 18.6 Å². The molecule has 1 aliphatic heterocycles. The number of benzene rings is 1. The highest BCUT2D eigenvalue weighted by atomic mass is 32.2. The lowest BCUT2D eigenvalue weighted by molar-refractivity contribution is 0.199. The predicted molar refractivity (Wildman–Crippen MR) is 85.5 cm³/mol. The minimum absolute atomic E-state index is 0.0175. The molecule has 0 saturated carbocycles. The first-order valence-electron chi connectivity index (χ1n) is 7.28. The Morgan fingerprint density at radius 2 is 2.14 bits per heavy atom. The van der Waals surface area contributed by atoms with E-state index in [9.17, 15) is 8.42 Å². The fourth-order valence-corrected chi connectivity index (χ4v) is 4.25. The summed E-state index contributed by atoms with van der Waals surface area (Å²) in [5.41, 5.74) is 2.32. The second-order valence-corrected chi connectivity index (χ2v) is 7.68. The van der Waals surface area contributed by atoms with Crippen molar-refractivity contribution >= 4 is 15.5 Å². The summed E-state index contributed by atoms with van der Waals surface area (Å²) >= 11 is 0. The maximum absolute atomic E-state index is 11.7. The Kier molecular flexibility index (Phi) is 5.61. The molecule has 21 heavy (non-hydrogen) atoms. The molecule has 1 atom stereocenters. The van der Waals surface area contributed by atoms with Gasteiger partial charge in [0.25, 0.3) is 0 Å². The molecular formula is C15H24N2O3S. The van der Waals surface area contributed by atoms with Crippen LogP contribution in [-0.2, 0) is 21.1 Å². The van der Waals surface area contributed by atoms with E-state index in [2.05, 4.69) is 22.3 Å². The largest absolute Gasteiger partial charge is 0.383 e. The monoisotopic (exact) mass is 312 g/mol. The zero-order valence-corrected chi connectivity index (χ0v) is 13.5. The number of nitrogens with zero attached hydrogens (tertiary/aromatic N) is 1. The minimum Gasteiger partial charge on any atom is -0.383 e. The van der Waals surface area contributed by atoms with Gasteiger partial charge >= 0.3 is 0 Å². The summed E-state index contributed by atoms with van der Waals surface area (Å²) in [5.74, 6) is 0.473. The van der Waals surface area contributed by atoms with Crippen molar-refractivity contribution in [3.63, 3.8) is 0 Å². The summed E-state index contributed by atoms with van der Waals surface area (Å²) in [5, 5.41) is 3.34. The van der Waals surface area contributed by atoms with Crippen LogP contribution in [0.4, 0.5) is 5.69 Å². The van der Waals surface area contributed by atoms with Crippen LogP contribution in [0.5, 0.6) is 0 Å². The molecule has 118 valence electrons. The summed E-state index contributed by atoms with van der Waals surface area (Å²) in [6.07, 6.45) is 0. The molecule has 1 N–H and O–H groups in total. The standard InChI is InChI=1S/C15H24N2O3S/c1-13-12-21(18,19)10-8-17(13)15-6-4-3-5-14(15)11-16-7-9-20-2/h3-6,13,16H,7-12H2,1-2H3. The van der Waals surface area contributed by atoms with Gasteiger partial charge in [0.05, 0.1) is 18.1 Å². The lowest BCUT2D eigenvalue weighted by Crippen LogP contribution is -2.47. The van der Waals surface area contributed by atoms with Crippen molar-refractivity contribution in [1.29, 1.82) is 0 Å². The molecule has 5 nitrogen and oxygen atoms in total. The number of para-hydroxylation sites is 1. The Labute approximate surface area is 127 Å². The second-order valence-electron chi connectivity index (χ2n) is 5.46. The Balaban J connectivity index is 2.09. The topological polar surface area (TPSA) is 58.6 Å². The molecular weight excluding hydrogens is 288 g/mol. The highest BCUT2D eigenvalue weighted by molar-refractivity contribution is 7.91. The first-order chi connectivity index (χ1) is 10.0. The Hall–Kier alpha value is -1.11. The average Bonchev–Trinajstić information content (AvgIpc) is 2.44. The van der Waals surface area contributed by atoms with Crippen LogP contribution in [0.15, 0.2) is 24.3 Å². The molecule has 0 spiro atoms. The highest BCUT2D eigenvalue weighted by Gasteiger charge is 2.29. The molecule has 0 aliphatic carbocycles. The molecule has 1 heterocycles. The van der Waals surface area contributed by atoms with Crippen LogP contribution in [0, 0.1) is 0 Å². The van der Waals surface area contributed by atoms with Gasteiger partial charge in [0.1, 0.15) is 0 Å². The number of hydrogen-bond acceptors (Lipinski definition) is 5. The van der Waals surface area contributed by atoms with Gasteiger partial charge in [0, 0.05) is 38.5 Å². The van der Waals surface area contributed by atoms with E-state index >= 15 is 0 Å². The smallest absolute Gasteiger partial charge is 0.154 e. The molecule has 1 aromatic carbocycles. The summed E-state index contributed by atoms with van der Waals surface area (Å²) in [4.78, 5) is 2.20. The molecule has 1 unspecified atom stereocenters. The summed E-state index contributed by atoms with van der Waals surface area (Å²) in [6.45, 7) is 4.79. The van der Waals surface area contributed by atoms with Gasteiger partial charge in [-0.3, -0.25) is 0 Å². The van der Waals surface area contributed by atoms with Crippen LogP contribution in [0.25, 0.3) is 0 Å². The van der Waals surface area contributed by atoms with E-state index in [1.807, 2.05) is 19.1 Å². The van der Waals surface area contributed by atoms with Crippen molar-refractivity contribution in [3.05, 3.63) is 29.8 Å². The maximum Gasteiger partial charge on any atom is 0.154 e. The Morgan fingerprint density at radius 1 is 1.38 bits per heavy atom. The molecule has 1 aliphatic rings. The third kappa shape index (κ3) is 4.43. The second kappa shape index (κ2) is 7.24. The van der Waals surface area contributed by atoms with E-state index in [0.29, 0.717) is 13.2 Å². The third-order valence-electron chi connectivity index (χ3n) is 3.77. The zero-order chi connectivity index (χ0) is 15.3. The SMILES string of the molecule is COCCNCc1ccccc1N1CCS(=O)(=O)CC1C. The van der Waals surface area contributed by atoms with Crippen LogP contribution in [0.2, 0.25) is 0 Å². The lowest BCUT2D eigenvalue weighted by atomic mass is 10.1. The summed E-state index contributed by atoms with van der Waals surface area (Å²) < 4.78 is 28.5. The van der Waals surface area contributed by atoms with E-state index in [0.717, 1.165) is 18.8 Å². The van der Waals surface area contributed by atoms with E-state index in [1.54, 1.807) is 7.11 Å². The Bertz CT molecular complexity index is 560. The zero-order valence-electron chi connectivity index (χ0n) is 12.7. The van der Waals surface area contributed by atoms with Gasteiger partial charge in [0.15, 0.2) is 9.84 Å². The fourth-order valence-electron chi connectivity index (χ4n) is 2.69. The van der Waals surface area contributed by atoms with Gasteiger partial charge in [-0.15, -0.1) is 0 Å². The predicted octanol–water partition coefficient (Wildman–Crippen LogP) is 1.05. The first kappa shape index (κ1) is 16.3. The normalized spacial score (nSPS) is 21.4. The van der Waals surface area contributed by atoms with Crippen LogP contribution in [0.3, 0.4) is 0 Å². The van der Waals surface area contributed by atoms with Crippen molar-refractivity contribution in [1.82, 2.24) is 5.32 Å². The Morgan fingerprint density at radius 3 is 2.86 bits per heavy atom. The van der Waals surface area contributed by atoms with Crippen LogP contribution in [0.1, 0.15) is 12.5 Å². The molecule has 6 heteroatoms. The third-order valence-corrected chi connectivity index (χ3v) is 5.56. The average molecular weight is 312 g/mol. The quantitative estimate of drug-likeness (QED) is 0.796. The fraction of sp³-hybridized carbons (Fsp3) is 0.600. The van der Waals surface area contributed by atoms with Gasteiger partial charge in [-0.1, -0.05) is 18.2 Å². The van der Waals surface area contributed by atoms with E-state index in [1.165, 1.54) is 5.56 Å². The van der Waals surface area contributed by atoms with Crippen LogP contribution in [-0.4, -0.2) is 52.8 Å². The first-order valence-corrected chi connectivity index (χ1v) is 9.10. The van der Waals surface area contributed by atoms with Gasteiger partial charge < -0.3 is 15.0 Å². The highest BCUT2D eigenvalue weighted by Crippen LogP contribution is 2.25. The van der Waals surface area contributed by atoms with Gasteiger partial charge in [-0.2, -0.15) is 0 Å². The molecule has 0 aromatic heterocycles. The van der Waals surface area contributed by atoms with Crippen molar-refractivity contribution < 1.29 is 13.2 Å². The number of sulfone groups is 1. The molecule has 0 amide bonds. The van der Waals surface area contributed by atoms with Crippen molar-refractivity contribution in [2.45, 2.75) is 19.5 Å². The van der Waals surface area contributed by atoms with Crippen LogP contribution >= 0.6 is 0 Å². The van der Waals surface area contributed by atoms with E-state index in [4.69, 9.17) is 4.74 Å². The lowest BCUT2D eigenvalue weighted by Gasteiger charge is -2.36. The number of anilines is 1. The molecule has 1 saturated heterocycles. The summed E-state index contributed by atoms with van der Waals surface area (Å²) in [6, 6.07) is 8.20. The molecule has 0 bridgehead atoms. The van der Waals surface area contributed by atoms with Crippen molar-refractivity contribution in [2.75, 3.05) is 43.2 Å². The number of rotatable bonds is 6.